The summed E-state index contributed by atoms with van der Waals surface area (Å²) in [6.07, 6.45) is 3.20. The summed E-state index contributed by atoms with van der Waals surface area (Å²) >= 11 is 1.62. The van der Waals surface area contributed by atoms with Gasteiger partial charge in [0.25, 0.3) is 11.8 Å². The van der Waals surface area contributed by atoms with E-state index >= 15 is 0 Å². The maximum absolute atomic E-state index is 13.4. The lowest BCUT2D eigenvalue weighted by atomic mass is 10.0. The van der Waals surface area contributed by atoms with Gasteiger partial charge in [-0.3, -0.25) is 9.59 Å². The zero-order valence-electron chi connectivity index (χ0n) is 19.1. The Morgan fingerprint density at radius 3 is 2.67 bits per heavy atom. The number of likely N-dealkylation sites (N-methyl/N-ethyl adjacent to an activating group) is 1. The Labute approximate surface area is 199 Å². The Hall–Kier alpha value is -3.45. The van der Waals surface area contributed by atoms with E-state index in [1.807, 2.05) is 69.7 Å². The molecule has 172 valence electrons. The van der Waals surface area contributed by atoms with Crippen LogP contribution in [0.5, 0.6) is 0 Å². The van der Waals surface area contributed by atoms with E-state index in [1.165, 1.54) is 0 Å². The van der Waals surface area contributed by atoms with Crippen molar-refractivity contribution in [2.75, 3.05) is 13.6 Å². The molecule has 0 radical (unpaired) electrons. The normalized spacial score (nSPS) is 12.0. The summed E-state index contributed by atoms with van der Waals surface area (Å²) in [5.74, 6) is -0.156. The third-order valence-corrected chi connectivity index (χ3v) is 6.82. The molecule has 2 amide bonds. The highest BCUT2D eigenvalue weighted by Crippen LogP contribution is 2.23. The van der Waals surface area contributed by atoms with Crippen LogP contribution in [0.3, 0.4) is 0 Å². The number of nitrogens with one attached hydrogen (secondary N) is 1. The second kappa shape index (κ2) is 10.0. The Morgan fingerprint density at radius 2 is 1.94 bits per heavy atom. The molecule has 0 unspecified atom stereocenters. The standard InChI is InChI=1S/C26H28N4O2S.H2/c1-18-28-22-17-20(11-12-24(22)33-18)26(32)30(3)21(16-19-8-5-4-6-9-19)13-14-27-25(31)23-10-7-15-29(23)2;/h4-12,15,17,21H,13-14,16H2,1-3H3,(H,27,31);1H/t21-;/m1./s1. The smallest absolute Gasteiger partial charge is 0.267 e. The molecule has 33 heavy (non-hydrogen) atoms. The van der Waals surface area contributed by atoms with Gasteiger partial charge in [0.05, 0.1) is 15.2 Å². The Bertz CT molecular complexity index is 1270. The Kier molecular flexibility index (Phi) is 6.89. The lowest BCUT2D eigenvalue weighted by Crippen LogP contribution is -2.41. The molecule has 4 aromatic rings. The summed E-state index contributed by atoms with van der Waals surface area (Å²) in [7, 11) is 3.69. The van der Waals surface area contributed by atoms with Crippen molar-refractivity contribution in [2.45, 2.75) is 25.8 Å². The van der Waals surface area contributed by atoms with Crippen LogP contribution in [0.1, 0.15) is 39.3 Å². The second-order valence-electron chi connectivity index (χ2n) is 8.22. The summed E-state index contributed by atoms with van der Waals surface area (Å²) in [5.41, 5.74) is 3.25. The van der Waals surface area contributed by atoms with Gasteiger partial charge in [-0.15, -0.1) is 11.3 Å². The molecule has 0 spiro atoms. The molecule has 1 N–H and O–H groups in total. The monoisotopic (exact) mass is 462 g/mol. The van der Waals surface area contributed by atoms with Crippen molar-refractivity contribution < 1.29 is 11.0 Å². The molecule has 4 rings (SSSR count). The molecule has 0 aliphatic heterocycles. The molecule has 0 saturated heterocycles. The number of carbonyl (C=O) groups excluding carboxylic acids is 2. The van der Waals surface area contributed by atoms with Crippen molar-refractivity contribution in [1.82, 2.24) is 19.8 Å². The third-order valence-electron chi connectivity index (χ3n) is 5.86. The van der Waals surface area contributed by atoms with Gasteiger partial charge in [-0.1, -0.05) is 30.3 Å². The van der Waals surface area contributed by atoms with E-state index in [1.54, 1.807) is 26.9 Å². The highest BCUT2D eigenvalue weighted by molar-refractivity contribution is 7.18. The van der Waals surface area contributed by atoms with E-state index in [9.17, 15) is 9.59 Å². The zero-order chi connectivity index (χ0) is 23.4. The van der Waals surface area contributed by atoms with Crippen LogP contribution in [0.15, 0.2) is 66.9 Å². The highest BCUT2D eigenvalue weighted by atomic mass is 32.1. The molecular formula is C26H30N4O2S. The number of benzene rings is 2. The molecule has 0 fully saturated rings. The minimum atomic E-state index is -0.112. The van der Waals surface area contributed by atoms with Crippen molar-refractivity contribution in [2.24, 2.45) is 7.05 Å². The minimum absolute atomic E-state index is 0. The van der Waals surface area contributed by atoms with Crippen LogP contribution in [0, 0.1) is 6.92 Å². The van der Waals surface area contributed by atoms with E-state index in [0.717, 1.165) is 20.8 Å². The first kappa shape index (κ1) is 22.7. The molecule has 0 saturated carbocycles. The van der Waals surface area contributed by atoms with Gasteiger partial charge >= 0.3 is 0 Å². The predicted molar refractivity (Wildman–Crippen MR) is 135 cm³/mol. The molecule has 0 bridgehead atoms. The number of hydrogen-bond acceptors (Lipinski definition) is 4. The molecule has 0 aliphatic carbocycles. The number of fused-ring (bicyclic) bond motifs is 1. The van der Waals surface area contributed by atoms with E-state index < -0.39 is 0 Å². The van der Waals surface area contributed by atoms with E-state index in [-0.39, 0.29) is 19.3 Å². The molecule has 2 aromatic heterocycles. The predicted octanol–water partition coefficient (Wildman–Crippen LogP) is 4.69. The molecule has 1 atom stereocenters. The fourth-order valence-electron chi connectivity index (χ4n) is 4.00. The van der Waals surface area contributed by atoms with Crippen LogP contribution in [0.4, 0.5) is 0 Å². The second-order valence-corrected chi connectivity index (χ2v) is 9.46. The molecular weight excluding hydrogens is 432 g/mol. The molecule has 0 aliphatic rings. The Morgan fingerprint density at radius 1 is 1.15 bits per heavy atom. The van der Waals surface area contributed by atoms with Gasteiger partial charge in [0, 0.05) is 39.9 Å². The van der Waals surface area contributed by atoms with Crippen molar-refractivity contribution in [1.29, 1.82) is 0 Å². The van der Waals surface area contributed by atoms with Gasteiger partial charge < -0.3 is 14.8 Å². The van der Waals surface area contributed by atoms with Crippen LogP contribution in [-0.2, 0) is 13.5 Å². The van der Waals surface area contributed by atoms with Gasteiger partial charge in [0.1, 0.15) is 5.69 Å². The van der Waals surface area contributed by atoms with Gasteiger partial charge in [-0.05, 0) is 55.7 Å². The molecule has 2 aromatic carbocycles. The van der Waals surface area contributed by atoms with Crippen molar-refractivity contribution >= 4 is 33.4 Å². The van der Waals surface area contributed by atoms with Crippen molar-refractivity contribution in [3.63, 3.8) is 0 Å². The quantitative estimate of drug-likeness (QED) is 0.413. The first-order chi connectivity index (χ1) is 15.9. The average molecular weight is 463 g/mol. The lowest BCUT2D eigenvalue weighted by Gasteiger charge is -2.29. The summed E-state index contributed by atoms with van der Waals surface area (Å²) in [6.45, 7) is 2.45. The summed E-state index contributed by atoms with van der Waals surface area (Å²) < 4.78 is 2.87. The number of aromatic nitrogens is 2. The van der Waals surface area contributed by atoms with Gasteiger partial charge in [0.2, 0.25) is 0 Å². The fraction of sp³-hybridized carbons (Fsp3) is 0.269. The van der Waals surface area contributed by atoms with Gasteiger partial charge in [-0.2, -0.15) is 0 Å². The molecule has 2 heterocycles. The third kappa shape index (κ3) is 5.31. The number of rotatable bonds is 8. The molecule has 6 nitrogen and oxygen atoms in total. The zero-order valence-corrected chi connectivity index (χ0v) is 19.9. The van der Waals surface area contributed by atoms with Crippen LogP contribution >= 0.6 is 11.3 Å². The van der Waals surface area contributed by atoms with E-state index in [4.69, 9.17) is 0 Å². The minimum Gasteiger partial charge on any atom is -0.351 e. The average Bonchev–Trinajstić information content (AvgIpc) is 3.41. The maximum Gasteiger partial charge on any atom is 0.267 e. The highest BCUT2D eigenvalue weighted by Gasteiger charge is 2.22. The number of nitrogens with zero attached hydrogens (tertiary/aromatic N) is 3. The Balaban J connectivity index is 0.00000324. The number of thiazole rings is 1. The van der Waals surface area contributed by atoms with Crippen LogP contribution in [0.25, 0.3) is 10.2 Å². The van der Waals surface area contributed by atoms with Gasteiger partial charge in [0.15, 0.2) is 0 Å². The SMILES string of the molecule is Cc1nc2cc(C(=O)N(C)[C@H](CCNC(=O)c3cccn3C)Cc3ccccc3)ccc2s1.[HH]. The molecule has 7 heteroatoms. The summed E-state index contributed by atoms with van der Waals surface area (Å²) in [4.78, 5) is 32.2. The van der Waals surface area contributed by atoms with E-state index in [0.29, 0.717) is 30.6 Å². The number of hydrogen-bond donors (Lipinski definition) is 1. The number of carbonyl (C=O) groups is 2. The van der Waals surface area contributed by atoms with Crippen LogP contribution in [-0.4, -0.2) is 45.9 Å². The summed E-state index contributed by atoms with van der Waals surface area (Å²) in [6, 6.07) is 19.4. The first-order valence-electron chi connectivity index (χ1n) is 11.0. The first-order valence-corrected chi connectivity index (χ1v) is 11.8. The largest absolute Gasteiger partial charge is 0.351 e. The maximum atomic E-state index is 13.4. The van der Waals surface area contributed by atoms with Crippen LogP contribution < -0.4 is 5.32 Å². The van der Waals surface area contributed by atoms with Crippen molar-refractivity contribution in [3.8, 4) is 0 Å². The topological polar surface area (TPSA) is 67.2 Å². The van der Waals surface area contributed by atoms with E-state index in [2.05, 4.69) is 22.4 Å². The van der Waals surface area contributed by atoms with Crippen LogP contribution in [0.2, 0.25) is 0 Å². The lowest BCUT2D eigenvalue weighted by molar-refractivity contribution is 0.0723. The number of aryl methyl sites for hydroxylation is 2. The summed E-state index contributed by atoms with van der Waals surface area (Å²) in [5, 5.41) is 3.98. The van der Waals surface area contributed by atoms with Gasteiger partial charge in [-0.25, -0.2) is 4.98 Å². The number of amides is 2. The van der Waals surface area contributed by atoms with Crippen molar-refractivity contribution in [3.05, 3.63) is 88.7 Å². The fourth-order valence-corrected chi connectivity index (χ4v) is 4.81.